The molecule has 2 aromatic carbocycles. The molecule has 0 unspecified atom stereocenters. The predicted octanol–water partition coefficient (Wildman–Crippen LogP) is 2.91. The zero-order valence-electron chi connectivity index (χ0n) is 10.8. The zero-order chi connectivity index (χ0) is 13.8. The van der Waals surface area contributed by atoms with Crippen LogP contribution in [0.2, 0.25) is 0 Å². The van der Waals surface area contributed by atoms with Crippen LogP contribution in [0.25, 0.3) is 0 Å². The van der Waals surface area contributed by atoms with Crippen LogP contribution in [-0.2, 0) is 22.8 Å². The molecule has 20 heavy (non-hydrogen) atoms. The molecule has 0 aliphatic carbocycles. The molecule has 100 valence electrons. The molecule has 1 aliphatic heterocycles. The molecule has 0 saturated carbocycles. The van der Waals surface area contributed by atoms with E-state index in [0.29, 0.717) is 18.8 Å². The summed E-state index contributed by atoms with van der Waals surface area (Å²) in [5.41, 5.74) is 3.47. The minimum Gasteiger partial charge on any atom is -0.457 e. The summed E-state index contributed by atoms with van der Waals surface area (Å²) in [6, 6.07) is 15.3. The van der Waals surface area contributed by atoms with E-state index in [9.17, 15) is 4.79 Å². The summed E-state index contributed by atoms with van der Waals surface area (Å²) >= 11 is 0. The smallest absolute Gasteiger partial charge is 0.338 e. The summed E-state index contributed by atoms with van der Waals surface area (Å²) in [4.78, 5) is 16.5. The van der Waals surface area contributed by atoms with Crippen LogP contribution >= 0.6 is 0 Å². The lowest BCUT2D eigenvalue weighted by atomic mass is 10.1. The molecular weight excluding hydrogens is 254 g/mol. The van der Waals surface area contributed by atoms with Gasteiger partial charge in [-0.25, -0.2) is 4.79 Å². The molecule has 0 amide bonds. The Morgan fingerprint density at radius 3 is 2.90 bits per heavy atom. The quantitative estimate of drug-likeness (QED) is 0.486. The number of ether oxygens (including phenoxy) is 1. The Morgan fingerprint density at radius 2 is 2.05 bits per heavy atom. The van der Waals surface area contributed by atoms with E-state index in [1.807, 2.05) is 42.5 Å². The molecule has 3 rings (SSSR count). The topological polar surface area (TPSA) is 47.9 Å². The second-order valence-electron chi connectivity index (χ2n) is 4.49. The van der Waals surface area contributed by atoms with Crippen LogP contribution in [0.3, 0.4) is 0 Å². The first-order valence-electron chi connectivity index (χ1n) is 6.32. The fraction of sp³-hybridized carbons (Fsp3) is 0.125. The average Bonchev–Trinajstić information content (AvgIpc) is 2.86. The maximum atomic E-state index is 11.3. The van der Waals surface area contributed by atoms with Crippen molar-refractivity contribution in [1.82, 2.24) is 0 Å². The van der Waals surface area contributed by atoms with Gasteiger partial charge in [0.15, 0.2) is 0 Å². The SMILES string of the molecule is O=C1OCc2cc(/C=N\OCc3ccccc3)ccc21. The molecule has 0 aromatic heterocycles. The van der Waals surface area contributed by atoms with Crippen molar-refractivity contribution in [3.05, 3.63) is 70.8 Å². The van der Waals surface area contributed by atoms with Crippen LogP contribution in [0.5, 0.6) is 0 Å². The zero-order valence-corrected chi connectivity index (χ0v) is 10.8. The number of oxime groups is 1. The Morgan fingerprint density at radius 1 is 1.20 bits per heavy atom. The third kappa shape index (κ3) is 2.69. The number of hydrogen-bond donors (Lipinski definition) is 0. The van der Waals surface area contributed by atoms with Gasteiger partial charge < -0.3 is 9.57 Å². The molecule has 1 aliphatic rings. The lowest BCUT2D eigenvalue weighted by Crippen LogP contribution is -1.94. The maximum absolute atomic E-state index is 11.3. The van der Waals surface area contributed by atoms with Crippen molar-refractivity contribution >= 4 is 12.2 Å². The molecule has 4 heteroatoms. The van der Waals surface area contributed by atoms with E-state index in [4.69, 9.17) is 9.57 Å². The van der Waals surface area contributed by atoms with Gasteiger partial charge in [0.25, 0.3) is 0 Å². The van der Waals surface area contributed by atoms with Gasteiger partial charge in [0, 0.05) is 5.56 Å². The van der Waals surface area contributed by atoms with Crippen molar-refractivity contribution in [2.75, 3.05) is 0 Å². The van der Waals surface area contributed by atoms with Crippen molar-refractivity contribution in [3.8, 4) is 0 Å². The molecule has 0 bridgehead atoms. The third-order valence-corrected chi connectivity index (χ3v) is 3.06. The molecular formula is C16H13NO3. The van der Waals surface area contributed by atoms with Gasteiger partial charge in [0.2, 0.25) is 0 Å². The Labute approximate surface area is 116 Å². The van der Waals surface area contributed by atoms with Crippen LogP contribution in [0.1, 0.15) is 27.0 Å². The minimum atomic E-state index is -0.260. The minimum absolute atomic E-state index is 0.260. The van der Waals surface area contributed by atoms with Crippen molar-refractivity contribution in [3.63, 3.8) is 0 Å². The van der Waals surface area contributed by atoms with E-state index in [2.05, 4.69) is 5.16 Å². The summed E-state index contributed by atoms with van der Waals surface area (Å²) in [6.45, 7) is 0.768. The number of carbonyl (C=O) groups is 1. The average molecular weight is 267 g/mol. The van der Waals surface area contributed by atoms with Crippen molar-refractivity contribution in [2.45, 2.75) is 13.2 Å². The fourth-order valence-corrected chi connectivity index (χ4v) is 2.02. The maximum Gasteiger partial charge on any atom is 0.338 e. The molecule has 0 atom stereocenters. The van der Waals surface area contributed by atoms with Gasteiger partial charge in [-0.1, -0.05) is 41.6 Å². The number of nitrogens with zero attached hydrogens (tertiary/aromatic N) is 1. The molecule has 2 aromatic rings. The first kappa shape index (κ1) is 12.4. The lowest BCUT2D eigenvalue weighted by Gasteiger charge is -1.99. The van der Waals surface area contributed by atoms with E-state index in [1.54, 1.807) is 12.3 Å². The highest BCUT2D eigenvalue weighted by molar-refractivity contribution is 5.94. The third-order valence-electron chi connectivity index (χ3n) is 3.06. The largest absolute Gasteiger partial charge is 0.457 e. The standard InChI is InChI=1S/C16H13NO3/c18-16-15-7-6-13(8-14(15)11-19-16)9-17-20-10-12-4-2-1-3-5-12/h1-9H,10-11H2/b17-9-. The van der Waals surface area contributed by atoms with Crippen LogP contribution in [0.15, 0.2) is 53.7 Å². The Hall–Kier alpha value is -2.62. The van der Waals surface area contributed by atoms with Crippen molar-refractivity contribution in [2.24, 2.45) is 5.16 Å². The van der Waals surface area contributed by atoms with Gasteiger partial charge in [-0.05, 0) is 23.3 Å². The summed E-state index contributed by atoms with van der Waals surface area (Å²) in [5, 5.41) is 3.93. The predicted molar refractivity (Wildman–Crippen MR) is 74.4 cm³/mol. The van der Waals surface area contributed by atoms with Crippen molar-refractivity contribution in [1.29, 1.82) is 0 Å². The Bertz CT molecular complexity index is 650. The lowest BCUT2D eigenvalue weighted by molar-refractivity contribution is 0.0535. The highest BCUT2D eigenvalue weighted by Gasteiger charge is 2.20. The van der Waals surface area contributed by atoms with Gasteiger partial charge >= 0.3 is 5.97 Å². The number of carbonyl (C=O) groups excluding carboxylic acids is 1. The Kier molecular flexibility index (Phi) is 3.46. The summed E-state index contributed by atoms with van der Waals surface area (Å²) in [7, 11) is 0. The number of cyclic esters (lactones) is 1. The fourth-order valence-electron chi connectivity index (χ4n) is 2.02. The Balaban J connectivity index is 1.61. The van der Waals surface area contributed by atoms with Gasteiger partial charge in [0.1, 0.15) is 13.2 Å². The molecule has 0 N–H and O–H groups in total. The van der Waals surface area contributed by atoms with Crippen LogP contribution in [0, 0.1) is 0 Å². The first-order valence-corrected chi connectivity index (χ1v) is 6.32. The first-order chi connectivity index (χ1) is 9.83. The number of fused-ring (bicyclic) bond motifs is 1. The molecule has 0 fully saturated rings. The monoisotopic (exact) mass is 267 g/mol. The molecule has 0 radical (unpaired) electrons. The highest BCUT2D eigenvalue weighted by Crippen LogP contribution is 2.20. The molecule has 4 nitrogen and oxygen atoms in total. The molecule has 0 spiro atoms. The second-order valence-corrected chi connectivity index (χ2v) is 4.49. The summed E-state index contributed by atoms with van der Waals surface area (Å²) < 4.78 is 4.95. The number of benzene rings is 2. The highest BCUT2D eigenvalue weighted by atomic mass is 16.6. The van der Waals surface area contributed by atoms with E-state index >= 15 is 0 Å². The normalized spacial score (nSPS) is 13.3. The van der Waals surface area contributed by atoms with E-state index in [1.165, 1.54) is 0 Å². The summed E-state index contributed by atoms with van der Waals surface area (Å²) in [5.74, 6) is -0.260. The van der Waals surface area contributed by atoms with E-state index < -0.39 is 0 Å². The number of esters is 1. The molecule has 0 saturated heterocycles. The molecule has 1 heterocycles. The number of hydrogen-bond acceptors (Lipinski definition) is 4. The van der Waals surface area contributed by atoms with E-state index in [0.717, 1.165) is 16.7 Å². The van der Waals surface area contributed by atoms with E-state index in [-0.39, 0.29) is 5.97 Å². The van der Waals surface area contributed by atoms with Crippen LogP contribution in [-0.4, -0.2) is 12.2 Å². The van der Waals surface area contributed by atoms with Gasteiger partial charge in [-0.3, -0.25) is 0 Å². The summed E-state index contributed by atoms with van der Waals surface area (Å²) in [6.07, 6.45) is 1.63. The van der Waals surface area contributed by atoms with Gasteiger partial charge in [-0.2, -0.15) is 0 Å². The van der Waals surface area contributed by atoms with Crippen molar-refractivity contribution < 1.29 is 14.4 Å². The van der Waals surface area contributed by atoms with Crippen LogP contribution in [0.4, 0.5) is 0 Å². The number of rotatable bonds is 4. The second kappa shape index (κ2) is 5.57. The van der Waals surface area contributed by atoms with Gasteiger partial charge in [-0.15, -0.1) is 0 Å². The van der Waals surface area contributed by atoms with Crippen LogP contribution < -0.4 is 0 Å². The van der Waals surface area contributed by atoms with Gasteiger partial charge in [0.05, 0.1) is 11.8 Å².